The lowest BCUT2D eigenvalue weighted by molar-refractivity contribution is 0.0660. The van der Waals surface area contributed by atoms with Gasteiger partial charge in [-0.15, -0.1) is 0 Å². The van der Waals surface area contributed by atoms with Gasteiger partial charge in [0, 0.05) is 24.3 Å². The predicted octanol–water partition coefficient (Wildman–Crippen LogP) is 3.79. The molecular formula is C20H27NO3. The van der Waals surface area contributed by atoms with Gasteiger partial charge in [0.15, 0.2) is 0 Å². The van der Waals surface area contributed by atoms with Crippen LogP contribution in [0.4, 0.5) is 0 Å². The molecule has 1 atom stereocenters. The van der Waals surface area contributed by atoms with E-state index in [1.54, 1.807) is 0 Å². The Morgan fingerprint density at radius 3 is 2.33 bits per heavy atom. The average Bonchev–Trinajstić information content (AvgIpc) is 3.08. The van der Waals surface area contributed by atoms with Crippen LogP contribution in [0, 0.1) is 0 Å². The Morgan fingerprint density at radius 1 is 1.00 bits per heavy atom. The molecule has 0 N–H and O–H groups in total. The molecule has 3 fully saturated rings. The number of hydrogen-bond donors (Lipinski definition) is 0. The summed E-state index contributed by atoms with van der Waals surface area (Å²) in [6.45, 7) is 1.45. The van der Waals surface area contributed by atoms with Gasteiger partial charge in [-0.3, -0.25) is 4.79 Å². The average molecular weight is 329 g/mol. The maximum Gasteiger partial charge on any atom is 0.254 e. The number of ether oxygens (including phenoxy) is 2. The van der Waals surface area contributed by atoms with Crippen LogP contribution in [-0.4, -0.2) is 42.2 Å². The molecule has 0 aromatic heterocycles. The van der Waals surface area contributed by atoms with Crippen molar-refractivity contribution in [2.24, 2.45) is 0 Å². The van der Waals surface area contributed by atoms with Gasteiger partial charge >= 0.3 is 0 Å². The molecule has 1 aromatic carbocycles. The summed E-state index contributed by atoms with van der Waals surface area (Å²) in [6.07, 6.45) is 9.63. The third-order valence-corrected chi connectivity index (χ3v) is 5.45. The van der Waals surface area contributed by atoms with E-state index >= 15 is 0 Å². The highest BCUT2D eigenvalue weighted by Gasteiger charge is 2.38. The molecule has 2 aliphatic carbocycles. The molecule has 1 unspecified atom stereocenters. The van der Waals surface area contributed by atoms with Crippen LogP contribution >= 0.6 is 0 Å². The quantitative estimate of drug-likeness (QED) is 0.797. The van der Waals surface area contributed by atoms with Crippen molar-refractivity contribution in [2.45, 2.75) is 69.6 Å². The summed E-state index contributed by atoms with van der Waals surface area (Å²) in [4.78, 5) is 15.1. The smallest absolute Gasteiger partial charge is 0.254 e. The molecule has 1 saturated heterocycles. The van der Waals surface area contributed by atoms with Crippen molar-refractivity contribution >= 4 is 5.91 Å². The second-order valence-corrected chi connectivity index (χ2v) is 7.35. The van der Waals surface area contributed by atoms with E-state index in [1.807, 2.05) is 24.3 Å². The number of hydrogen-bond acceptors (Lipinski definition) is 3. The molecular weight excluding hydrogens is 302 g/mol. The zero-order valence-corrected chi connectivity index (χ0v) is 14.3. The van der Waals surface area contributed by atoms with Gasteiger partial charge in [-0.1, -0.05) is 12.8 Å². The lowest BCUT2D eigenvalue weighted by atomic mass is 10.1. The van der Waals surface area contributed by atoms with E-state index in [-0.39, 0.29) is 12.0 Å². The molecule has 4 heteroatoms. The van der Waals surface area contributed by atoms with Gasteiger partial charge in [0.25, 0.3) is 5.91 Å². The lowest BCUT2D eigenvalue weighted by Crippen LogP contribution is -2.40. The van der Waals surface area contributed by atoms with E-state index in [9.17, 15) is 4.79 Å². The molecule has 1 heterocycles. The van der Waals surface area contributed by atoms with E-state index in [2.05, 4.69) is 4.90 Å². The fourth-order valence-corrected chi connectivity index (χ4v) is 3.97. The molecule has 4 nitrogen and oxygen atoms in total. The van der Waals surface area contributed by atoms with Crippen LogP contribution in [-0.2, 0) is 4.74 Å². The summed E-state index contributed by atoms with van der Waals surface area (Å²) in [5, 5.41) is 0. The van der Waals surface area contributed by atoms with Crippen molar-refractivity contribution in [1.29, 1.82) is 0 Å². The Bertz CT molecular complexity index is 555. The first-order valence-corrected chi connectivity index (χ1v) is 9.48. The Morgan fingerprint density at radius 2 is 1.71 bits per heavy atom. The molecule has 1 aliphatic heterocycles. The summed E-state index contributed by atoms with van der Waals surface area (Å²) in [5.74, 6) is 1.02. The summed E-state index contributed by atoms with van der Waals surface area (Å²) in [5.41, 5.74) is 0.790. The third-order valence-electron chi connectivity index (χ3n) is 5.45. The third kappa shape index (κ3) is 3.59. The Labute approximate surface area is 144 Å². The fourth-order valence-electron chi connectivity index (χ4n) is 3.97. The molecule has 0 spiro atoms. The maximum atomic E-state index is 13.0. The van der Waals surface area contributed by atoms with Gasteiger partial charge in [0.2, 0.25) is 0 Å². The van der Waals surface area contributed by atoms with Crippen LogP contribution in [0.1, 0.15) is 61.7 Å². The van der Waals surface area contributed by atoms with Crippen LogP contribution in [0.5, 0.6) is 5.75 Å². The lowest BCUT2D eigenvalue weighted by Gasteiger charge is -2.29. The SMILES string of the molecule is O=C(c1ccc(OCC2CCCO2)cc1)N(C1CCCC1)C1CC1. The molecule has 130 valence electrons. The summed E-state index contributed by atoms with van der Waals surface area (Å²) in [7, 11) is 0. The zero-order valence-electron chi connectivity index (χ0n) is 14.3. The number of benzene rings is 1. The van der Waals surface area contributed by atoms with Gasteiger partial charge in [0.05, 0.1) is 6.10 Å². The van der Waals surface area contributed by atoms with Crippen molar-refractivity contribution in [3.63, 3.8) is 0 Å². The van der Waals surface area contributed by atoms with Gasteiger partial charge in [-0.2, -0.15) is 0 Å². The number of amides is 1. The highest BCUT2D eigenvalue weighted by Crippen LogP contribution is 2.35. The summed E-state index contributed by atoms with van der Waals surface area (Å²) >= 11 is 0. The highest BCUT2D eigenvalue weighted by atomic mass is 16.5. The normalized spacial score (nSPS) is 24.2. The second kappa shape index (κ2) is 7.14. The highest BCUT2D eigenvalue weighted by molar-refractivity contribution is 5.95. The maximum absolute atomic E-state index is 13.0. The molecule has 2 saturated carbocycles. The first-order valence-electron chi connectivity index (χ1n) is 9.48. The van der Waals surface area contributed by atoms with Gasteiger partial charge < -0.3 is 14.4 Å². The van der Waals surface area contributed by atoms with E-state index < -0.39 is 0 Å². The number of rotatable bonds is 6. The first kappa shape index (κ1) is 15.9. The second-order valence-electron chi connectivity index (χ2n) is 7.35. The van der Waals surface area contributed by atoms with Crippen LogP contribution in [0.3, 0.4) is 0 Å². The minimum atomic E-state index is 0.204. The minimum Gasteiger partial charge on any atom is -0.491 e. The molecule has 4 rings (SSSR count). The van der Waals surface area contributed by atoms with Crippen LogP contribution in [0.15, 0.2) is 24.3 Å². The van der Waals surface area contributed by atoms with E-state index in [0.29, 0.717) is 18.7 Å². The fraction of sp³-hybridized carbons (Fsp3) is 0.650. The Balaban J connectivity index is 1.38. The Hall–Kier alpha value is -1.55. The number of carbonyl (C=O) groups is 1. The van der Waals surface area contributed by atoms with Crippen molar-refractivity contribution < 1.29 is 14.3 Å². The van der Waals surface area contributed by atoms with Crippen molar-refractivity contribution in [1.82, 2.24) is 4.90 Å². The van der Waals surface area contributed by atoms with Crippen LogP contribution in [0.25, 0.3) is 0 Å². The summed E-state index contributed by atoms with van der Waals surface area (Å²) < 4.78 is 11.4. The van der Waals surface area contributed by atoms with Gasteiger partial charge in [-0.25, -0.2) is 0 Å². The van der Waals surface area contributed by atoms with Gasteiger partial charge in [0.1, 0.15) is 12.4 Å². The van der Waals surface area contributed by atoms with Gasteiger partial charge in [-0.05, 0) is 62.8 Å². The molecule has 0 radical (unpaired) electrons. The van der Waals surface area contributed by atoms with E-state index in [1.165, 1.54) is 38.5 Å². The molecule has 1 amide bonds. The number of carbonyl (C=O) groups excluding carboxylic acids is 1. The van der Waals surface area contributed by atoms with E-state index in [0.717, 1.165) is 30.8 Å². The number of nitrogens with zero attached hydrogens (tertiary/aromatic N) is 1. The molecule has 24 heavy (non-hydrogen) atoms. The molecule has 3 aliphatic rings. The zero-order chi connectivity index (χ0) is 16.4. The minimum absolute atomic E-state index is 0.204. The standard InChI is InChI=1S/C20H27NO3/c22-20(21(17-9-10-17)16-4-1-2-5-16)15-7-11-18(12-8-15)24-14-19-6-3-13-23-19/h7-8,11-12,16-17,19H,1-6,9-10,13-14H2. The van der Waals surface area contributed by atoms with Crippen molar-refractivity contribution in [2.75, 3.05) is 13.2 Å². The predicted molar refractivity (Wildman–Crippen MR) is 92.4 cm³/mol. The topological polar surface area (TPSA) is 38.8 Å². The summed E-state index contributed by atoms with van der Waals surface area (Å²) in [6, 6.07) is 8.61. The molecule has 0 bridgehead atoms. The monoisotopic (exact) mass is 329 g/mol. The van der Waals surface area contributed by atoms with Crippen molar-refractivity contribution in [3.05, 3.63) is 29.8 Å². The van der Waals surface area contributed by atoms with Crippen molar-refractivity contribution in [3.8, 4) is 5.75 Å². The van der Waals surface area contributed by atoms with Crippen LogP contribution in [0.2, 0.25) is 0 Å². The first-order chi connectivity index (χ1) is 11.8. The molecule has 1 aromatic rings. The van der Waals surface area contributed by atoms with Crippen LogP contribution < -0.4 is 4.74 Å². The largest absolute Gasteiger partial charge is 0.491 e. The van der Waals surface area contributed by atoms with E-state index in [4.69, 9.17) is 9.47 Å². The Kier molecular flexibility index (Phi) is 4.74.